The molecule has 0 heterocycles. The van der Waals surface area contributed by atoms with Crippen molar-refractivity contribution in [3.63, 3.8) is 0 Å². The number of carbonyl (C=O) groups excluding carboxylic acids is 1. The lowest BCUT2D eigenvalue weighted by Gasteiger charge is -2.23. The van der Waals surface area contributed by atoms with Gasteiger partial charge in [-0.15, -0.1) is 0 Å². The molecule has 0 amide bonds. The highest BCUT2D eigenvalue weighted by Crippen LogP contribution is 2.18. The Balaban J connectivity index is 2.55. The highest BCUT2D eigenvalue weighted by atomic mass is 35.5. The van der Waals surface area contributed by atoms with Gasteiger partial charge in [-0.3, -0.25) is 4.79 Å². The predicted molar refractivity (Wildman–Crippen MR) is 102 cm³/mol. The van der Waals surface area contributed by atoms with Crippen LogP contribution in [0, 0.1) is 0 Å². The van der Waals surface area contributed by atoms with E-state index in [1.807, 2.05) is 0 Å². The van der Waals surface area contributed by atoms with Crippen LogP contribution in [0.15, 0.2) is 36.4 Å². The smallest absolute Gasteiger partial charge is 0.189 e. The number of hydrogen-bond donors (Lipinski definition) is 0. The predicted octanol–water partition coefficient (Wildman–Crippen LogP) is 5.22. The number of nitrogens with zero attached hydrogens (tertiary/aromatic N) is 1. The molecule has 120 valence electrons. The fraction of sp³-hybridized carbons (Fsp3) is 0.412. The standard InChI is InChI=1S/C17H22ClNOS2/c1-4-10-19(11-5-2)17(21)22-12-13(3)16(20)14-6-8-15(18)9-7-14/h6-9H,3-5,10-12H2,1-2H3. The molecule has 0 radical (unpaired) electrons. The molecule has 1 aromatic rings. The Kier molecular flexibility index (Phi) is 8.76. The Morgan fingerprint density at radius 1 is 1.23 bits per heavy atom. The van der Waals surface area contributed by atoms with Gasteiger partial charge in [0.1, 0.15) is 4.32 Å². The van der Waals surface area contributed by atoms with Gasteiger partial charge in [0.15, 0.2) is 5.78 Å². The molecule has 0 saturated carbocycles. The highest BCUT2D eigenvalue weighted by Gasteiger charge is 2.13. The van der Waals surface area contributed by atoms with Crippen LogP contribution in [-0.4, -0.2) is 33.8 Å². The van der Waals surface area contributed by atoms with Gasteiger partial charge in [-0.25, -0.2) is 0 Å². The molecular formula is C17H22ClNOS2. The molecule has 0 atom stereocenters. The lowest BCUT2D eigenvalue weighted by atomic mass is 10.1. The summed E-state index contributed by atoms with van der Waals surface area (Å²) in [5, 5.41) is 0.618. The normalized spacial score (nSPS) is 10.3. The van der Waals surface area contributed by atoms with E-state index < -0.39 is 0 Å². The van der Waals surface area contributed by atoms with Crippen molar-refractivity contribution in [2.45, 2.75) is 26.7 Å². The lowest BCUT2D eigenvalue weighted by Crippen LogP contribution is -2.29. The van der Waals surface area contributed by atoms with Gasteiger partial charge >= 0.3 is 0 Å². The fourth-order valence-corrected chi connectivity index (χ4v) is 3.22. The molecule has 0 unspecified atom stereocenters. The number of hydrogen-bond acceptors (Lipinski definition) is 3. The second kappa shape index (κ2) is 10.0. The van der Waals surface area contributed by atoms with E-state index in [2.05, 4.69) is 25.3 Å². The minimum atomic E-state index is -0.0514. The number of Topliss-reactive ketones (excluding diaryl/α,β-unsaturated/α-hetero) is 1. The molecule has 22 heavy (non-hydrogen) atoms. The van der Waals surface area contributed by atoms with Crippen LogP contribution in [0.25, 0.3) is 0 Å². The van der Waals surface area contributed by atoms with Gasteiger partial charge in [0.2, 0.25) is 0 Å². The van der Waals surface area contributed by atoms with Crippen LogP contribution >= 0.6 is 35.6 Å². The van der Waals surface area contributed by atoms with E-state index in [0.717, 1.165) is 30.3 Å². The average molecular weight is 356 g/mol. The van der Waals surface area contributed by atoms with Gasteiger partial charge in [0, 0.05) is 35.0 Å². The van der Waals surface area contributed by atoms with Crippen LogP contribution in [-0.2, 0) is 0 Å². The van der Waals surface area contributed by atoms with Crippen LogP contribution in [0.5, 0.6) is 0 Å². The number of ketones is 1. The van der Waals surface area contributed by atoms with Gasteiger partial charge in [-0.1, -0.05) is 56.0 Å². The van der Waals surface area contributed by atoms with E-state index in [-0.39, 0.29) is 5.78 Å². The molecule has 0 N–H and O–H groups in total. The third-order valence-electron chi connectivity index (χ3n) is 3.04. The number of thioether (sulfide) groups is 1. The topological polar surface area (TPSA) is 20.3 Å². The first-order valence-electron chi connectivity index (χ1n) is 7.39. The molecule has 0 fully saturated rings. The minimum Gasteiger partial charge on any atom is -0.358 e. The third-order valence-corrected chi connectivity index (χ3v) is 4.90. The fourth-order valence-electron chi connectivity index (χ4n) is 1.95. The SMILES string of the molecule is C=C(CSC(=S)N(CCC)CCC)C(=O)c1ccc(Cl)cc1. The van der Waals surface area contributed by atoms with E-state index in [1.165, 1.54) is 11.8 Å². The lowest BCUT2D eigenvalue weighted by molar-refractivity contribution is 0.103. The monoisotopic (exact) mass is 355 g/mol. The van der Waals surface area contributed by atoms with Crippen molar-refractivity contribution in [2.24, 2.45) is 0 Å². The molecule has 5 heteroatoms. The summed E-state index contributed by atoms with van der Waals surface area (Å²) in [7, 11) is 0. The quantitative estimate of drug-likeness (QED) is 0.362. The molecule has 0 aliphatic carbocycles. The molecule has 1 aromatic carbocycles. The summed E-state index contributed by atoms with van der Waals surface area (Å²) in [6, 6.07) is 6.87. The number of thiocarbonyl (C=S) groups is 1. The molecule has 2 nitrogen and oxygen atoms in total. The average Bonchev–Trinajstić information content (AvgIpc) is 2.52. The van der Waals surface area contributed by atoms with Crippen LogP contribution in [0.2, 0.25) is 5.02 Å². The Hall–Kier alpha value is -0.840. The molecule has 0 aliphatic rings. The molecule has 0 aliphatic heterocycles. The Morgan fingerprint density at radius 2 is 1.77 bits per heavy atom. The van der Waals surface area contributed by atoms with Crippen molar-refractivity contribution in [2.75, 3.05) is 18.8 Å². The summed E-state index contributed by atoms with van der Waals surface area (Å²) in [5.74, 6) is 0.467. The molecule has 0 spiro atoms. The third kappa shape index (κ3) is 6.11. The van der Waals surface area contributed by atoms with E-state index in [9.17, 15) is 4.79 Å². The van der Waals surface area contributed by atoms with E-state index in [4.69, 9.17) is 23.8 Å². The van der Waals surface area contributed by atoms with E-state index in [1.54, 1.807) is 24.3 Å². The summed E-state index contributed by atoms with van der Waals surface area (Å²) >= 11 is 12.8. The molecule has 0 saturated heterocycles. The van der Waals surface area contributed by atoms with Crippen LogP contribution in [0.3, 0.4) is 0 Å². The summed E-state index contributed by atoms with van der Waals surface area (Å²) in [4.78, 5) is 14.5. The summed E-state index contributed by atoms with van der Waals surface area (Å²) in [6.45, 7) is 10.1. The zero-order valence-electron chi connectivity index (χ0n) is 13.1. The van der Waals surface area contributed by atoms with E-state index in [0.29, 0.717) is 21.9 Å². The van der Waals surface area contributed by atoms with Crippen molar-refractivity contribution >= 4 is 45.7 Å². The Morgan fingerprint density at radius 3 is 2.27 bits per heavy atom. The van der Waals surface area contributed by atoms with Crippen molar-refractivity contribution in [3.05, 3.63) is 47.0 Å². The highest BCUT2D eigenvalue weighted by molar-refractivity contribution is 8.23. The van der Waals surface area contributed by atoms with Crippen LogP contribution in [0.4, 0.5) is 0 Å². The van der Waals surface area contributed by atoms with Crippen molar-refractivity contribution < 1.29 is 4.79 Å². The molecule has 0 aromatic heterocycles. The van der Waals surface area contributed by atoms with Crippen LogP contribution in [0.1, 0.15) is 37.0 Å². The second-order valence-corrected chi connectivity index (χ2v) is 7.03. The zero-order valence-corrected chi connectivity index (χ0v) is 15.5. The maximum atomic E-state index is 12.3. The van der Waals surface area contributed by atoms with Crippen molar-refractivity contribution in [1.82, 2.24) is 4.90 Å². The van der Waals surface area contributed by atoms with Crippen molar-refractivity contribution in [1.29, 1.82) is 0 Å². The maximum Gasteiger partial charge on any atom is 0.189 e. The maximum absolute atomic E-state index is 12.3. The van der Waals surface area contributed by atoms with Gasteiger partial charge < -0.3 is 4.90 Å². The number of benzene rings is 1. The van der Waals surface area contributed by atoms with Gasteiger partial charge in [-0.2, -0.15) is 0 Å². The number of rotatable bonds is 8. The summed E-state index contributed by atoms with van der Waals surface area (Å²) < 4.78 is 0.841. The second-order valence-electron chi connectivity index (χ2n) is 4.98. The largest absolute Gasteiger partial charge is 0.358 e. The molecular weight excluding hydrogens is 334 g/mol. The Labute approximate surface area is 147 Å². The number of halogens is 1. The van der Waals surface area contributed by atoms with Gasteiger partial charge in [0.05, 0.1) is 0 Å². The summed E-state index contributed by atoms with van der Waals surface area (Å²) in [5.41, 5.74) is 1.17. The Bertz CT molecular complexity index is 522. The molecule has 1 rings (SSSR count). The first kappa shape index (κ1) is 19.2. The first-order valence-corrected chi connectivity index (χ1v) is 9.16. The zero-order chi connectivity index (χ0) is 16.5. The van der Waals surface area contributed by atoms with E-state index >= 15 is 0 Å². The molecule has 0 bridgehead atoms. The summed E-state index contributed by atoms with van der Waals surface area (Å²) in [6.07, 6.45) is 2.12. The van der Waals surface area contributed by atoms with Crippen LogP contribution < -0.4 is 0 Å². The number of carbonyl (C=O) groups is 1. The van der Waals surface area contributed by atoms with Gasteiger partial charge in [-0.05, 0) is 37.1 Å². The minimum absolute atomic E-state index is 0.0514. The van der Waals surface area contributed by atoms with Crippen molar-refractivity contribution in [3.8, 4) is 0 Å². The van der Waals surface area contributed by atoms with Gasteiger partial charge in [0.25, 0.3) is 0 Å². The first-order chi connectivity index (χ1) is 10.5.